The summed E-state index contributed by atoms with van der Waals surface area (Å²) >= 11 is 0. The number of rotatable bonds is 7. The SMILES string of the molecule is CCOc1ccccc1-c1noc(COc2cccnc2[N+](=O)[O-])n1. The number of pyridine rings is 1. The molecule has 2 aromatic heterocycles. The zero-order chi connectivity index (χ0) is 17.6. The molecule has 0 aliphatic heterocycles. The predicted molar refractivity (Wildman–Crippen MR) is 86.1 cm³/mol. The van der Waals surface area contributed by atoms with Crippen LogP contribution in [0.4, 0.5) is 5.82 Å². The van der Waals surface area contributed by atoms with Gasteiger partial charge in [-0.2, -0.15) is 4.98 Å². The van der Waals surface area contributed by atoms with E-state index in [0.717, 1.165) is 0 Å². The van der Waals surface area contributed by atoms with Crippen LogP contribution in [-0.4, -0.2) is 26.7 Å². The standard InChI is InChI=1S/C16H14N4O5/c1-2-23-12-7-4-3-6-11(12)15-18-14(25-19-15)10-24-13-8-5-9-17-16(13)20(21)22/h3-9H,2,10H2,1H3. The number of hydrogen-bond acceptors (Lipinski definition) is 8. The van der Waals surface area contributed by atoms with Crippen molar-refractivity contribution in [2.24, 2.45) is 0 Å². The second-order valence-corrected chi connectivity index (χ2v) is 4.81. The fraction of sp³-hybridized carbons (Fsp3) is 0.188. The Hall–Kier alpha value is -3.49. The van der Waals surface area contributed by atoms with Gasteiger partial charge >= 0.3 is 5.82 Å². The molecular weight excluding hydrogens is 328 g/mol. The van der Waals surface area contributed by atoms with Crippen molar-refractivity contribution < 1.29 is 18.9 Å². The Morgan fingerprint density at radius 3 is 2.76 bits per heavy atom. The summed E-state index contributed by atoms with van der Waals surface area (Å²) in [4.78, 5) is 18.2. The van der Waals surface area contributed by atoms with Crippen LogP contribution in [-0.2, 0) is 6.61 Å². The van der Waals surface area contributed by atoms with E-state index in [2.05, 4.69) is 15.1 Å². The maximum Gasteiger partial charge on any atom is 0.406 e. The molecule has 0 unspecified atom stereocenters. The average molecular weight is 342 g/mol. The molecule has 0 saturated heterocycles. The number of nitro groups is 1. The van der Waals surface area contributed by atoms with Gasteiger partial charge in [0.2, 0.25) is 11.6 Å². The van der Waals surface area contributed by atoms with Gasteiger partial charge < -0.3 is 24.1 Å². The zero-order valence-electron chi connectivity index (χ0n) is 13.3. The van der Waals surface area contributed by atoms with Gasteiger partial charge in [-0.3, -0.25) is 0 Å². The number of para-hydroxylation sites is 1. The number of aromatic nitrogens is 3. The lowest BCUT2D eigenvalue weighted by Crippen LogP contribution is -2.01. The van der Waals surface area contributed by atoms with E-state index < -0.39 is 4.92 Å². The molecule has 25 heavy (non-hydrogen) atoms. The molecule has 0 amide bonds. The van der Waals surface area contributed by atoms with E-state index in [1.165, 1.54) is 12.3 Å². The van der Waals surface area contributed by atoms with Crippen molar-refractivity contribution in [1.29, 1.82) is 0 Å². The minimum atomic E-state index is -0.618. The van der Waals surface area contributed by atoms with Crippen molar-refractivity contribution in [3.05, 3.63) is 58.6 Å². The second kappa shape index (κ2) is 7.39. The van der Waals surface area contributed by atoms with Gasteiger partial charge in [0.05, 0.1) is 12.2 Å². The maximum atomic E-state index is 10.9. The first-order chi connectivity index (χ1) is 12.2. The molecule has 0 aliphatic carbocycles. The van der Waals surface area contributed by atoms with Crippen LogP contribution in [0.1, 0.15) is 12.8 Å². The molecule has 9 nitrogen and oxygen atoms in total. The molecule has 9 heteroatoms. The van der Waals surface area contributed by atoms with Crippen molar-refractivity contribution in [3.63, 3.8) is 0 Å². The van der Waals surface area contributed by atoms with E-state index >= 15 is 0 Å². The Balaban J connectivity index is 1.76. The van der Waals surface area contributed by atoms with Crippen LogP contribution in [0.25, 0.3) is 11.4 Å². The number of benzene rings is 1. The van der Waals surface area contributed by atoms with E-state index in [1.54, 1.807) is 6.07 Å². The van der Waals surface area contributed by atoms with Crippen LogP contribution < -0.4 is 9.47 Å². The second-order valence-electron chi connectivity index (χ2n) is 4.81. The summed E-state index contributed by atoms with van der Waals surface area (Å²) < 4.78 is 16.1. The monoisotopic (exact) mass is 342 g/mol. The molecule has 2 heterocycles. The molecule has 0 radical (unpaired) electrons. The smallest absolute Gasteiger partial charge is 0.406 e. The fourth-order valence-electron chi connectivity index (χ4n) is 2.13. The third kappa shape index (κ3) is 3.71. The van der Waals surface area contributed by atoms with Crippen LogP contribution in [0, 0.1) is 10.1 Å². The molecule has 0 fully saturated rings. The lowest BCUT2D eigenvalue weighted by Gasteiger charge is -2.06. The Morgan fingerprint density at radius 2 is 1.96 bits per heavy atom. The summed E-state index contributed by atoms with van der Waals surface area (Å²) in [6.07, 6.45) is 1.32. The van der Waals surface area contributed by atoms with Crippen LogP contribution in [0.15, 0.2) is 47.1 Å². The van der Waals surface area contributed by atoms with E-state index in [4.69, 9.17) is 14.0 Å². The van der Waals surface area contributed by atoms with Crippen LogP contribution in [0.5, 0.6) is 11.5 Å². The molecule has 0 N–H and O–H groups in total. The van der Waals surface area contributed by atoms with E-state index in [-0.39, 0.29) is 24.1 Å². The highest BCUT2D eigenvalue weighted by molar-refractivity contribution is 5.63. The van der Waals surface area contributed by atoms with Gasteiger partial charge in [-0.05, 0) is 41.1 Å². The molecule has 0 bridgehead atoms. The summed E-state index contributed by atoms with van der Waals surface area (Å²) in [5, 5.41) is 14.8. The number of ether oxygens (including phenoxy) is 2. The van der Waals surface area contributed by atoms with E-state index in [9.17, 15) is 10.1 Å². The van der Waals surface area contributed by atoms with Crippen molar-refractivity contribution >= 4 is 5.82 Å². The van der Waals surface area contributed by atoms with Crippen LogP contribution in [0.2, 0.25) is 0 Å². The van der Waals surface area contributed by atoms with Crippen molar-refractivity contribution in [2.45, 2.75) is 13.5 Å². The first kappa shape index (κ1) is 16.4. The lowest BCUT2D eigenvalue weighted by atomic mass is 10.2. The van der Waals surface area contributed by atoms with Crippen molar-refractivity contribution in [2.75, 3.05) is 6.61 Å². The molecule has 0 atom stereocenters. The zero-order valence-corrected chi connectivity index (χ0v) is 13.3. The fourth-order valence-corrected chi connectivity index (χ4v) is 2.13. The Bertz CT molecular complexity index is 880. The summed E-state index contributed by atoms with van der Waals surface area (Å²) in [5.41, 5.74) is 0.687. The first-order valence-corrected chi connectivity index (χ1v) is 7.46. The van der Waals surface area contributed by atoms with Crippen LogP contribution in [0.3, 0.4) is 0 Å². The van der Waals surface area contributed by atoms with Gasteiger partial charge in [-0.1, -0.05) is 17.3 Å². The van der Waals surface area contributed by atoms with Gasteiger partial charge in [0, 0.05) is 0 Å². The van der Waals surface area contributed by atoms with Crippen molar-refractivity contribution in [1.82, 2.24) is 15.1 Å². The summed E-state index contributed by atoms with van der Waals surface area (Å²) in [6, 6.07) is 10.3. The minimum absolute atomic E-state index is 0.0296. The molecule has 3 rings (SSSR count). The Labute approximate surface area is 142 Å². The number of nitrogens with zero attached hydrogens (tertiary/aromatic N) is 4. The lowest BCUT2D eigenvalue weighted by molar-refractivity contribution is -0.390. The third-order valence-electron chi connectivity index (χ3n) is 3.17. The first-order valence-electron chi connectivity index (χ1n) is 7.46. The van der Waals surface area contributed by atoms with Gasteiger partial charge in [0.15, 0.2) is 6.61 Å². The molecule has 0 saturated carbocycles. The quantitative estimate of drug-likeness (QED) is 0.475. The van der Waals surface area contributed by atoms with E-state index in [1.807, 2.05) is 31.2 Å². The Morgan fingerprint density at radius 1 is 1.16 bits per heavy atom. The summed E-state index contributed by atoms with van der Waals surface area (Å²) in [5.74, 6) is 0.829. The maximum absolute atomic E-state index is 10.9. The van der Waals surface area contributed by atoms with Gasteiger partial charge in [-0.15, -0.1) is 0 Å². The normalized spacial score (nSPS) is 10.4. The predicted octanol–water partition coefficient (Wildman–Crippen LogP) is 3.02. The highest BCUT2D eigenvalue weighted by atomic mass is 16.6. The van der Waals surface area contributed by atoms with E-state index in [0.29, 0.717) is 23.7 Å². The average Bonchev–Trinajstić information content (AvgIpc) is 3.10. The minimum Gasteiger partial charge on any atom is -0.493 e. The molecule has 0 aliphatic rings. The largest absolute Gasteiger partial charge is 0.493 e. The van der Waals surface area contributed by atoms with Gasteiger partial charge in [-0.25, -0.2) is 0 Å². The molecule has 128 valence electrons. The summed E-state index contributed by atoms with van der Waals surface area (Å²) in [6.45, 7) is 2.28. The molecular formula is C16H14N4O5. The highest BCUT2D eigenvalue weighted by Crippen LogP contribution is 2.28. The van der Waals surface area contributed by atoms with Crippen molar-refractivity contribution in [3.8, 4) is 22.9 Å². The summed E-state index contributed by atoms with van der Waals surface area (Å²) in [7, 11) is 0. The van der Waals surface area contributed by atoms with Gasteiger partial charge in [0.1, 0.15) is 11.9 Å². The molecule has 3 aromatic rings. The van der Waals surface area contributed by atoms with Gasteiger partial charge in [0.25, 0.3) is 5.89 Å². The third-order valence-corrected chi connectivity index (χ3v) is 3.17. The highest BCUT2D eigenvalue weighted by Gasteiger charge is 2.18. The molecule has 0 spiro atoms. The molecule has 1 aromatic carbocycles. The topological polar surface area (TPSA) is 113 Å². The Kier molecular flexibility index (Phi) is 4.84. The number of hydrogen-bond donors (Lipinski definition) is 0. The van der Waals surface area contributed by atoms with Crippen LogP contribution >= 0.6 is 0 Å².